The third kappa shape index (κ3) is 9.24. The second-order valence-corrected chi connectivity index (χ2v) is 5.52. The molecule has 0 aliphatic rings. The van der Waals surface area contributed by atoms with Crippen molar-refractivity contribution in [1.29, 1.82) is 0 Å². The Balaban J connectivity index is 3.89. The number of methoxy groups -OCH3 is 1. The van der Waals surface area contributed by atoms with E-state index in [4.69, 9.17) is 9.47 Å². The minimum absolute atomic E-state index is 0.0192. The van der Waals surface area contributed by atoms with Crippen molar-refractivity contribution in [2.75, 3.05) is 20.3 Å². The molecule has 0 saturated carbocycles. The van der Waals surface area contributed by atoms with Crippen molar-refractivity contribution in [2.24, 2.45) is 0 Å². The van der Waals surface area contributed by atoms with E-state index in [9.17, 15) is 4.79 Å². The molecular weight excluding hydrogens is 232 g/mol. The summed E-state index contributed by atoms with van der Waals surface area (Å²) in [7, 11) is 1.69. The number of carbonyl (C=O) groups is 1. The minimum Gasteiger partial charge on any atom is -0.444 e. The highest BCUT2D eigenvalue weighted by atomic mass is 16.6. The molecule has 0 spiro atoms. The summed E-state index contributed by atoms with van der Waals surface area (Å²) in [6.45, 7) is 11.0. The summed E-state index contributed by atoms with van der Waals surface area (Å²) >= 11 is 0. The predicted molar refractivity (Wildman–Crippen MR) is 72.8 cm³/mol. The summed E-state index contributed by atoms with van der Waals surface area (Å²) < 4.78 is 10.3. The number of hydrogen-bond acceptors (Lipinski definition) is 4. The Kier molecular flexibility index (Phi) is 7.95. The maximum Gasteiger partial charge on any atom is 0.407 e. The standard InChI is InChI=1S/C13H28N2O3/c1-7-11(9-17-6)14-8-10(2)15-12(16)18-13(3,4)5/h10-11,14H,7-9H2,1-6H3,(H,15,16). The van der Waals surface area contributed by atoms with Crippen molar-refractivity contribution in [3.63, 3.8) is 0 Å². The van der Waals surface area contributed by atoms with Gasteiger partial charge in [0.1, 0.15) is 5.60 Å². The third-order valence-corrected chi connectivity index (χ3v) is 2.34. The van der Waals surface area contributed by atoms with Gasteiger partial charge in [-0.1, -0.05) is 6.92 Å². The lowest BCUT2D eigenvalue weighted by molar-refractivity contribution is 0.0506. The van der Waals surface area contributed by atoms with Gasteiger partial charge < -0.3 is 20.1 Å². The molecule has 0 radical (unpaired) electrons. The molecule has 0 aromatic heterocycles. The monoisotopic (exact) mass is 260 g/mol. The summed E-state index contributed by atoms with van der Waals surface area (Å²) in [4.78, 5) is 11.5. The molecular formula is C13H28N2O3. The SMILES string of the molecule is CCC(COC)NCC(C)NC(=O)OC(C)(C)C. The number of hydrogen-bond donors (Lipinski definition) is 2. The fraction of sp³-hybridized carbons (Fsp3) is 0.923. The molecule has 0 aliphatic carbocycles. The van der Waals surface area contributed by atoms with Gasteiger partial charge in [-0.05, 0) is 34.1 Å². The summed E-state index contributed by atoms with van der Waals surface area (Å²) in [5.74, 6) is 0. The molecule has 0 aliphatic heterocycles. The molecule has 0 bridgehead atoms. The van der Waals surface area contributed by atoms with Crippen LogP contribution < -0.4 is 10.6 Å². The minimum atomic E-state index is -0.459. The number of carbonyl (C=O) groups excluding carboxylic acids is 1. The third-order valence-electron chi connectivity index (χ3n) is 2.34. The lowest BCUT2D eigenvalue weighted by atomic mass is 10.2. The molecule has 0 heterocycles. The fourth-order valence-corrected chi connectivity index (χ4v) is 1.43. The first kappa shape index (κ1) is 17.2. The second kappa shape index (κ2) is 8.32. The number of alkyl carbamates (subject to hydrolysis) is 1. The Bertz CT molecular complexity index is 239. The highest BCUT2D eigenvalue weighted by Gasteiger charge is 2.17. The van der Waals surface area contributed by atoms with E-state index >= 15 is 0 Å². The summed E-state index contributed by atoms with van der Waals surface area (Å²) in [5.41, 5.74) is -0.459. The molecule has 0 fully saturated rings. The van der Waals surface area contributed by atoms with Crippen LogP contribution in [0.2, 0.25) is 0 Å². The van der Waals surface area contributed by atoms with Crippen LogP contribution in [0.1, 0.15) is 41.0 Å². The maximum atomic E-state index is 11.5. The Morgan fingerprint density at radius 2 is 1.94 bits per heavy atom. The van der Waals surface area contributed by atoms with E-state index in [1.165, 1.54) is 0 Å². The van der Waals surface area contributed by atoms with E-state index < -0.39 is 5.60 Å². The number of amides is 1. The number of ether oxygens (including phenoxy) is 2. The van der Waals surface area contributed by atoms with Crippen LogP contribution in [0.15, 0.2) is 0 Å². The smallest absolute Gasteiger partial charge is 0.407 e. The van der Waals surface area contributed by atoms with Crippen LogP contribution >= 0.6 is 0 Å². The van der Waals surface area contributed by atoms with Crippen molar-refractivity contribution in [3.05, 3.63) is 0 Å². The quantitative estimate of drug-likeness (QED) is 0.734. The van der Waals surface area contributed by atoms with Gasteiger partial charge in [-0.15, -0.1) is 0 Å². The van der Waals surface area contributed by atoms with Crippen LogP contribution in [0, 0.1) is 0 Å². The largest absolute Gasteiger partial charge is 0.444 e. The average molecular weight is 260 g/mol. The normalized spacial score (nSPS) is 15.0. The summed E-state index contributed by atoms with van der Waals surface area (Å²) in [6, 6.07) is 0.337. The maximum absolute atomic E-state index is 11.5. The van der Waals surface area contributed by atoms with E-state index in [0.29, 0.717) is 19.2 Å². The van der Waals surface area contributed by atoms with E-state index in [1.54, 1.807) is 7.11 Å². The van der Waals surface area contributed by atoms with Gasteiger partial charge in [0.25, 0.3) is 0 Å². The van der Waals surface area contributed by atoms with Crippen molar-refractivity contribution in [3.8, 4) is 0 Å². The molecule has 2 atom stereocenters. The van der Waals surface area contributed by atoms with E-state index in [1.807, 2.05) is 27.7 Å². The predicted octanol–water partition coefficient (Wildman–Crippen LogP) is 1.91. The molecule has 5 nitrogen and oxygen atoms in total. The molecule has 0 aromatic carbocycles. The van der Waals surface area contributed by atoms with Gasteiger partial charge in [0.2, 0.25) is 0 Å². The highest BCUT2D eigenvalue weighted by Crippen LogP contribution is 2.06. The van der Waals surface area contributed by atoms with Gasteiger partial charge >= 0.3 is 6.09 Å². The first-order valence-corrected chi connectivity index (χ1v) is 6.50. The first-order valence-electron chi connectivity index (χ1n) is 6.50. The summed E-state index contributed by atoms with van der Waals surface area (Å²) in [5, 5.41) is 6.14. The van der Waals surface area contributed by atoms with E-state index in [0.717, 1.165) is 6.42 Å². The van der Waals surface area contributed by atoms with Crippen LogP contribution in [-0.4, -0.2) is 44.0 Å². The van der Waals surface area contributed by atoms with Crippen LogP contribution in [0.25, 0.3) is 0 Å². The van der Waals surface area contributed by atoms with Crippen LogP contribution in [-0.2, 0) is 9.47 Å². The molecule has 5 heteroatoms. The van der Waals surface area contributed by atoms with Crippen LogP contribution in [0.3, 0.4) is 0 Å². The Morgan fingerprint density at radius 3 is 2.39 bits per heavy atom. The molecule has 0 rings (SSSR count). The highest BCUT2D eigenvalue weighted by molar-refractivity contribution is 5.68. The van der Waals surface area contributed by atoms with Gasteiger partial charge in [0.05, 0.1) is 6.61 Å². The number of nitrogens with one attached hydrogen (secondary N) is 2. The van der Waals surface area contributed by atoms with Crippen molar-refractivity contribution >= 4 is 6.09 Å². The molecule has 0 aromatic rings. The lowest BCUT2D eigenvalue weighted by Crippen LogP contribution is -2.45. The molecule has 2 N–H and O–H groups in total. The van der Waals surface area contributed by atoms with Gasteiger partial charge in [0, 0.05) is 25.7 Å². The molecule has 108 valence electrons. The van der Waals surface area contributed by atoms with Gasteiger partial charge in [-0.3, -0.25) is 0 Å². The zero-order chi connectivity index (χ0) is 14.2. The molecule has 1 amide bonds. The molecule has 2 unspecified atom stereocenters. The zero-order valence-corrected chi connectivity index (χ0v) is 12.5. The Morgan fingerprint density at radius 1 is 1.33 bits per heavy atom. The second-order valence-electron chi connectivity index (χ2n) is 5.52. The van der Waals surface area contributed by atoms with Gasteiger partial charge in [-0.25, -0.2) is 4.79 Å². The topological polar surface area (TPSA) is 59.6 Å². The molecule has 0 saturated heterocycles. The zero-order valence-electron chi connectivity index (χ0n) is 12.5. The number of rotatable bonds is 7. The van der Waals surface area contributed by atoms with Crippen LogP contribution in [0.5, 0.6) is 0 Å². The van der Waals surface area contributed by atoms with Crippen LogP contribution in [0.4, 0.5) is 4.79 Å². The van der Waals surface area contributed by atoms with Gasteiger partial charge in [0.15, 0.2) is 0 Å². The lowest BCUT2D eigenvalue weighted by Gasteiger charge is -2.23. The Hall–Kier alpha value is -0.810. The van der Waals surface area contributed by atoms with E-state index in [-0.39, 0.29) is 12.1 Å². The fourth-order valence-electron chi connectivity index (χ4n) is 1.43. The van der Waals surface area contributed by atoms with E-state index in [2.05, 4.69) is 17.6 Å². The van der Waals surface area contributed by atoms with Crippen molar-refractivity contribution < 1.29 is 14.3 Å². The summed E-state index contributed by atoms with van der Waals surface area (Å²) in [6.07, 6.45) is 0.615. The first-order chi connectivity index (χ1) is 8.28. The van der Waals surface area contributed by atoms with Gasteiger partial charge in [-0.2, -0.15) is 0 Å². The Labute approximate surface area is 111 Å². The van der Waals surface area contributed by atoms with Crippen molar-refractivity contribution in [1.82, 2.24) is 10.6 Å². The van der Waals surface area contributed by atoms with Crippen molar-refractivity contribution in [2.45, 2.75) is 58.7 Å². The molecule has 18 heavy (non-hydrogen) atoms. The average Bonchev–Trinajstić information content (AvgIpc) is 2.21.